The summed E-state index contributed by atoms with van der Waals surface area (Å²) in [5.74, 6) is 2.50. The van der Waals surface area contributed by atoms with Crippen LogP contribution in [0.1, 0.15) is 48.0 Å². The van der Waals surface area contributed by atoms with Crippen molar-refractivity contribution in [2.75, 3.05) is 13.6 Å². The minimum atomic E-state index is -0.809. The van der Waals surface area contributed by atoms with Crippen LogP contribution in [-0.4, -0.2) is 47.8 Å². The molecule has 0 spiro atoms. The van der Waals surface area contributed by atoms with Crippen LogP contribution in [0.3, 0.4) is 0 Å². The molecular formula is C16H27N3O4. The summed E-state index contributed by atoms with van der Waals surface area (Å²) in [6.07, 6.45) is 4.13. The summed E-state index contributed by atoms with van der Waals surface area (Å²) in [6.45, 7) is 10.8. The molecule has 0 aliphatic rings. The number of carbonyl (C=O) groups excluding carboxylic acids is 2. The summed E-state index contributed by atoms with van der Waals surface area (Å²) < 4.78 is 10.3. The van der Waals surface area contributed by atoms with E-state index in [0.29, 0.717) is 13.0 Å². The molecule has 0 atom stereocenters. The second-order valence-corrected chi connectivity index (χ2v) is 6.92. The van der Waals surface area contributed by atoms with E-state index in [-0.39, 0.29) is 5.96 Å². The van der Waals surface area contributed by atoms with Crippen LogP contribution >= 0.6 is 0 Å². The standard InChI is InChI=1S/C16H27N3O4/c1-9-10-11-19(8)12(17-13(20)22-15(2,3)4)18-14(21)23-16(5,6)7/h1H,10-11H2,2-8H3,(H,17,18,20,21). The maximum atomic E-state index is 11.9. The van der Waals surface area contributed by atoms with Gasteiger partial charge in [0.15, 0.2) is 0 Å². The quantitative estimate of drug-likeness (QED) is 0.480. The highest BCUT2D eigenvalue weighted by atomic mass is 16.6. The van der Waals surface area contributed by atoms with Crippen molar-refractivity contribution in [1.29, 1.82) is 0 Å². The van der Waals surface area contributed by atoms with Gasteiger partial charge in [-0.25, -0.2) is 9.59 Å². The van der Waals surface area contributed by atoms with Gasteiger partial charge in [0.05, 0.1) is 0 Å². The number of amides is 2. The predicted octanol–water partition coefficient (Wildman–Crippen LogP) is 2.76. The molecule has 23 heavy (non-hydrogen) atoms. The first kappa shape index (κ1) is 20.8. The first-order valence-corrected chi connectivity index (χ1v) is 7.30. The fraction of sp³-hybridized carbons (Fsp3) is 0.688. The van der Waals surface area contributed by atoms with Crippen molar-refractivity contribution in [3.8, 4) is 12.3 Å². The number of rotatable bonds is 2. The van der Waals surface area contributed by atoms with E-state index in [4.69, 9.17) is 15.9 Å². The number of hydrogen-bond acceptors (Lipinski definition) is 4. The molecule has 0 aliphatic heterocycles. The van der Waals surface area contributed by atoms with E-state index in [0.717, 1.165) is 0 Å². The van der Waals surface area contributed by atoms with Crippen LogP contribution in [0.25, 0.3) is 0 Å². The van der Waals surface area contributed by atoms with Crippen LogP contribution in [0.5, 0.6) is 0 Å². The van der Waals surface area contributed by atoms with Crippen molar-refractivity contribution >= 4 is 18.1 Å². The number of ether oxygens (including phenoxy) is 2. The van der Waals surface area contributed by atoms with Crippen LogP contribution in [0.15, 0.2) is 4.99 Å². The second kappa shape index (κ2) is 8.42. The highest BCUT2D eigenvalue weighted by molar-refractivity contribution is 5.98. The Balaban J connectivity index is 5.12. The Labute approximate surface area is 138 Å². The zero-order valence-corrected chi connectivity index (χ0v) is 15.0. The Hall–Kier alpha value is -2.23. The number of terminal acetylenes is 1. The molecule has 0 unspecified atom stereocenters. The van der Waals surface area contributed by atoms with Crippen LogP contribution in [0.2, 0.25) is 0 Å². The van der Waals surface area contributed by atoms with Crippen LogP contribution < -0.4 is 5.32 Å². The summed E-state index contributed by atoms with van der Waals surface area (Å²) in [7, 11) is 1.65. The number of nitrogens with zero attached hydrogens (tertiary/aromatic N) is 2. The number of aliphatic imine (C=N–C) groups is 1. The van der Waals surface area contributed by atoms with Crippen molar-refractivity contribution in [3.05, 3.63) is 0 Å². The molecule has 7 heteroatoms. The second-order valence-electron chi connectivity index (χ2n) is 6.92. The molecule has 0 aromatic rings. The first-order chi connectivity index (χ1) is 10.3. The molecule has 0 fully saturated rings. The average molecular weight is 325 g/mol. The lowest BCUT2D eigenvalue weighted by Crippen LogP contribution is -2.45. The molecule has 7 nitrogen and oxygen atoms in total. The summed E-state index contributed by atoms with van der Waals surface area (Å²) in [4.78, 5) is 29.1. The van der Waals surface area contributed by atoms with E-state index < -0.39 is 23.4 Å². The fourth-order valence-electron chi connectivity index (χ4n) is 1.31. The normalized spacial score (nSPS) is 12.2. The monoisotopic (exact) mass is 325 g/mol. The van der Waals surface area contributed by atoms with Crippen molar-refractivity contribution in [2.45, 2.75) is 59.2 Å². The lowest BCUT2D eigenvalue weighted by molar-refractivity contribution is 0.0556. The SMILES string of the molecule is C#CCCN(C)C(=NC(=O)OC(C)(C)C)NC(=O)OC(C)(C)C. The van der Waals surface area contributed by atoms with Gasteiger partial charge in [-0.1, -0.05) is 0 Å². The molecule has 0 saturated heterocycles. The van der Waals surface area contributed by atoms with Crippen LogP contribution in [0, 0.1) is 12.3 Å². The van der Waals surface area contributed by atoms with Gasteiger partial charge in [-0.05, 0) is 41.5 Å². The number of guanidine groups is 1. The third-order valence-electron chi connectivity index (χ3n) is 2.16. The third kappa shape index (κ3) is 11.0. The molecule has 0 radical (unpaired) electrons. The zero-order valence-electron chi connectivity index (χ0n) is 15.0. The average Bonchev–Trinajstić information content (AvgIpc) is 2.30. The largest absolute Gasteiger partial charge is 0.444 e. The van der Waals surface area contributed by atoms with E-state index in [2.05, 4.69) is 16.2 Å². The van der Waals surface area contributed by atoms with Gasteiger partial charge in [-0.2, -0.15) is 0 Å². The molecule has 0 aromatic heterocycles. The minimum Gasteiger partial charge on any atom is -0.444 e. The molecule has 130 valence electrons. The molecule has 0 rings (SSSR count). The van der Waals surface area contributed by atoms with Gasteiger partial charge < -0.3 is 14.4 Å². The summed E-state index contributed by atoms with van der Waals surface area (Å²) in [5, 5.41) is 2.44. The molecule has 0 aromatic carbocycles. The number of carbonyl (C=O) groups is 2. The maximum Gasteiger partial charge on any atom is 0.437 e. The van der Waals surface area contributed by atoms with Crippen molar-refractivity contribution in [2.24, 2.45) is 4.99 Å². The van der Waals surface area contributed by atoms with E-state index >= 15 is 0 Å². The van der Waals surface area contributed by atoms with Crippen LogP contribution in [-0.2, 0) is 9.47 Å². The zero-order chi connectivity index (χ0) is 18.3. The Kier molecular flexibility index (Phi) is 7.60. The predicted molar refractivity (Wildman–Crippen MR) is 89.1 cm³/mol. The van der Waals surface area contributed by atoms with Crippen LogP contribution in [0.4, 0.5) is 9.59 Å². The number of alkyl carbamates (subject to hydrolysis) is 1. The lowest BCUT2D eigenvalue weighted by atomic mass is 10.2. The highest BCUT2D eigenvalue weighted by Gasteiger charge is 2.21. The number of hydrogen-bond donors (Lipinski definition) is 1. The Bertz CT molecular complexity index is 493. The number of nitrogens with one attached hydrogen (secondary N) is 1. The van der Waals surface area contributed by atoms with Gasteiger partial charge in [-0.3, -0.25) is 5.32 Å². The van der Waals surface area contributed by atoms with E-state index in [1.54, 1.807) is 53.5 Å². The Morgan fingerprint density at radius 2 is 1.65 bits per heavy atom. The minimum absolute atomic E-state index is 0.0174. The Morgan fingerprint density at radius 3 is 2.09 bits per heavy atom. The Morgan fingerprint density at radius 1 is 1.13 bits per heavy atom. The molecule has 0 aliphatic carbocycles. The van der Waals surface area contributed by atoms with Gasteiger partial charge in [0.1, 0.15) is 11.2 Å². The molecule has 1 N–H and O–H groups in total. The van der Waals surface area contributed by atoms with Gasteiger partial charge in [0.2, 0.25) is 5.96 Å². The van der Waals surface area contributed by atoms with E-state index in [1.807, 2.05) is 0 Å². The smallest absolute Gasteiger partial charge is 0.437 e. The highest BCUT2D eigenvalue weighted by Crippen LogP contribution is 2.09. The van der Waals surface area contributed by atoms with Gasteiger partial charge in [-0.15, -0.1) is 17.3 Å². The van der Waals surface area contributed by atoms with Crippen molar-refractivity contribution in [1.82, 2.24) is 10.2 Å². The molecular weight excluding hydrogens is 298 g/mol. The van der Waals surface area contributed by atoms with Gasteiger partial charge in [0.25, 0.3) is 0 Å². The first-order valence-electron chi connectivity index (χ1n) is 7.30. The fourth-order valence-corrected chi connectivity index (χ4v) is 1.31. The summed E-state index contributed by atoms with van der Waals surface area (Å²) in [6, 6.07) is 0. The molecule has 0 saturated carbocycles. The maximum absolute atomic E-state index is 11.9. The van der Waals surface area contributed by atoms with E-state index in [1.165, 1.54) is 0 Å². The summed E-state index contributed by atoms with van der Waals surface area (Å²) in [5.41, 5.74) is -1.35. The van der Waals surface area contributed by atoms with E-state index in [9.17, 15) is 9.59 Å². The summed E-state index contributed by atoms with van der Waals surface area (Å²) >= 11 is 0. The van der Waals surface area contributed by atoms with Gasteiger partial charge in [0, 0.05) is 20.0 Å². The molecule has 2 amide bonds. The lowest BCUT2D eigenvalue weighted by Gasteiger charge is -2.24. The van der Waals surface area contributed by atoms with Crippen molar-refractivity contribution in [3.63, 3.8) is 0 Å². The molecule has 0 bridgehead atoms. The van der Waals surface area contributed by atoms with Crippen molar-refractivity contribution < 1.29 is 19.1 Å². The van der Waals surface area contributed by atoms with Gasteiger partial charge >= 0.3 is 12.2 Å². The molecule has 0 heterocycles. The third-order valence-corrected chi connectivity index (χ3v) is 2.16. The topological polar surface area (TPSA) is 80.2 Å².